The minimum Gasteiger partial charge on any atom is -0.371 e. The molecule has 5 heteroatoms. The summed E-state index contributed by atoms with van der Waals surface area (Å²) >= 11 is 0. The van der Waals surface area contributed by atoms with Crippen LogP contribution in [0.4, 0.5) is 0 Å². The van der Waals surface area contributed by atoms with Crippen LogP contribution in [0.5, 0.6) is 0 Å². The second-order valence-corrected chi connectivity index (χ2v) is 6.81. The summed E-state index contributed by atoms with van der Waals surface area (Å²) in [6.45, 7) is 7.67. The molecule has 0 aromatic carbocycles. The van der Waals surface area contributed by atoms with E-state index in [0.717, 1.165) is 26.3 Å². The van der Waals surface area contributed by atoms with Gasteiger partial charge in [-0.25, -0.2) is 0 Å². The Morgan fingerprint density at radius 2 is 1.43 bits per heavy atom. The summed E-state index contributed by atoms with van der Waals surface area (Å²) in [5.41, 5.74) is 0. The second-order valence-electron chi connectivity index (χ2n) is 3.61. The average molecular weight is 218 g/mol. The molecule has 0 aromatic heterocycles. The van der Waals surface area contributed by atoms with Crippen LogP contribution in [0.1, 0.15) is 20.3 Å². The fourth-order valence-corrected chi connectivity index (χ4v) is 5.16. The fraction of sp³-hybridized carbons (Fsp3) is 1.00. The second kappa shape index (κ2) is 5.23. The smallest absolute Gasteiger partial charge is 0.371 e. The molecule has 84 valence electrons. The highest BCUT2D eigenvalue weighted by molar-refractivity contribution is 6.61. The fourth-order valence-electron chi connectivity index (χ4n) is 1.98. The Morgan fingerprint density at radius 1 is 1.00 bits per heavy atom. The van der Waals surface area contributed by atoms with Gasteiger partial charge in [0.2, 0.25) is 0 Å². The Labute approximate surface area is 88.2 Å². The molecule has 0 radical (unpaired) electrons. The molecule has 1 aliphatic heterocycles. The van der Waals surface area contributed by atoms with Crippen LogP contribution in [-0.2, 0) is 8.85 Å². The number of rotatable bonds is 4. The molecule has 4 nitrogen and oxygen atoms in total. The molecule has 0 saturated carbocycles. The van der Waals surface area contributed by atoms with Gasteiger partial charge in [0.05, 0.1) is 0 Å². The van der Waals surface area contributed by atoms with Crippen molar-refractivity contribution < 1.29 is 8.85 Å². The van der Waals surface area contributed by atoms with Gasteiger partial charge < -0.3 is 8.85 Å². The molecular formula is C9H22N2O2Si. The molecule has 1 aliphatic rings. The summed E-state index contributed by atoms with van der Waals surface area (Å²) in [6.07, 6.45) is 1.20. The van der Waals surface area contributed by atoms with Crippen LogP contribution in [0, 0.1) is 0 Å². The lowest BCUT2D eigenvalue weighted by Gasteiger charge is -2.45. The zero-order valence-electron chi connectivity index (χ0n) is 9.75. The maximum Gasteiger partial charge on any atom is 0.522 e. The molecule has 0 unspecified atom stereocenters. The van der Waals surface area contributed by atoms with Gasteiger partial charge in [0, 0.05) is 13.2 Å². The average Bonchev–Trinajstić information content (AvgIpc) is 2.15. The third kappa shape index (κ3) is 2.17. The summed E-state index contributed by atoms with van der Waals surface area (Å²) in [6, 6.07) is 0. The van der Waals surface area contributed by atoms with Crippen molar-refractivity contribution in [2.75, 3.05) is 40.4 Å². The summed E-state index contributed by atoms with van der Waals surface area (Å²) in [5, 5.41) is 0. The number of nitrogens with zero attached hydrogens (tertiary/aromatic N) is 2. The highest BCUT2D eigenvalue weighted by Crippen LogP contribution is 2.20. The van der Waals surface area contributed by atoms with Crippen LogP contribution in [-0.4, -0.2) is 58.4 Å². The van der Waals surface area contributed by atoms with Gasteiger partial charge in [-0.15, -0.1) is 0 Å². The third-order valence-corrected chi connectivity index (χ3v) is 6.32. The van der Waals surface area contributed by atoms with Crippen LogP contribution in [0.2, 0.25) is 0 Å². The van der Waals surface area contributed by atoms with Crippen molar-refractivity contribution in [2.24, 2.45) is 0 Å². The molecule has 0 amide bonds. The van der Waals surface area contributed by atoms with Gasteiger partial charge in [0.1, 0.15) is 0 Å². The molecule has 0 aromatic rings. The van der Waals surface area contributed by atoms with Crippen LogP contribution >= 0.6 is 0 Å². The lowest BCUT2D eigenvalue weighted by atomic mass is 10.4. The van der Waals surface area contributed by atoms with E-state index in [2.05, 4.69) is 23.2 Å². The highest BCUT2D eigenvalue weighted by atomic mass is 28.4. The Kier molecular flexibility index (Phi) is 4.53. The Bertz CT molecular complexity index is 162. The molecule has 0 atom stereocenters. The van der Waals surface area contributed by atoms with Gasteiger partial charge in [0.15, 0.2) is 0 Å². The topological polar surface area (TPSA) is 24.9 Å². The van der Waals surface area contributed by atoms with Crippen molar-refractivity contribution >= 4 is 8.88 Å². The van der Waals surface area contributed by atoms with E-state index in [4.69, 9.17) is 8.85 Å². The first kappa shape index (κ1) is 12.1. The van der Waals surface area contributed by atoms with Gasteiger partial charge in [-0.1, -0.05) is 0 Å². The lowest BCUT2D eigenvalue weighted by Crippen LogP contribution is -2.70. The van der Waals surface area contributed by atoms with E-state index < -0.39 is 8.88 Å². The zero-order chi connectivity index (χ0) is 10.6. The molecule has 1 rings (SSSR count). The minimum atomic E-state index is -2.22. The van der Waals surface area contributed by atoms with Crippen molar-refractivity contribution in [2.45, 2.75) is 20.3 Å². The predicted octanol–water partition coefficient (Wildman–Crippen LogP) is 0.762. The van der Waals surface area contributed by atoms with E-state index in [1.165, 1.54) is 6.42 Å². The van der Waals surface area contributed by atoms with E-state index in [0.29, 0.717) is 0 Å². The maximum atomic E-state index is 5.90. The highest BCUT2D eigenvalue weighted by Gasteiger charge is 2.50. The molecule has 0 bridgehead atoms. The first-order valence-electron chi connectivity index (χ1n) is 5.37. The quantitative estimate of drug-likeness (QED) is 0.651. The summed E-state index contributed by atoms with van der Waals surface area (Å²) in [5.74, 6) is 0. The number of hydrogen-bond donors (Lipinski definition) is 0. The van der Waals surface area contributed by atoms with Crippen LogP contribution < -0.4 is 0 Å². The maximum absolute atomic E-state index is 5.90. The molecule has 14 heavy (non-hydrogen) atoms. The van der Waals surface area contributed by atoms with Gasteiger partial charge in [-0.2, -0.15) is 0 Å². The molecule has 1 heterocycles. The van der Waals surface area contributed by atoms with Crippen molar-refractivity contribution in [3.63, 3.8) is 0 Å². The predicted molar refractivity (Wildman–Crippen MR) is 58.9 cm³/mol. The van der Waals surface area contributed by atoms with E-state index >= 15 is 0 Å². The Balaban J connectivity index is 2.77. The molecular weight excluding hydrogens is 196 g/mol. The van der Waals surface area contributed by atoms with E-state index in [-0.39, 0.29) is 0 Å². The monoisotopic (exact) mass is 218 g/mol. The van der Waals surface area contributed by atoms with Crippen molar-refractivity contribution in [1.29, 1.82) is 0 Å². The molecule has 1 saturated heterocycles. The first-order valence-corrected chi connectivity index (χ1v) is 7.08. The van der Waals surface area contributed by atoms with Crippen LogP contribution in [0.25, 0.3) is 0 Å². The summed E-state index contributed by atoms with van der Waals surface area (Å²) in [4.78, 5) is 0. The molecule has 0 aliphatic carbocycles. The molecule has 0 N–H and O–H groups in total. The zero-order valence-corrected chi connectivity index (χ0v) is 10.7. The Morgan fingerprint density at radius 3 is 1.79 bits per heavy atom. The van der Waals surface area contributed by atoms with E-state index in [9.17, 15) is 0 Å². The lowest BCUT2D eigenvalue weighted by molar-refractivity contribution is 0.0613. The van der Waals surface area contributed by atoms with E-state index in [1.807, 2.05) is 13.8 Å². The van der Waals surface area contributed by atoms with Gasteiger partial charge >= 0.3 is 8.88 Å². The van der Waals surface area contributed by atoms with Crippen molar-refractivity contribution in [1.82, 2.24) is 9.13 Å². The van der Waals surface area contributed by atoms with E-state index in [1.54, 1.807) is 0 Å². The summed E-state index contributed by atoms with van der Waals surface area (Å²) < 4.78 is 16.3. The third-order valence-electron chi connectivity index (χ3n) is 2.62. The van der Waals surface area contributed by atoms with Gasteiger partial charge in [-0.05, 0) is 47.5 Å². The van der Waals surface area contributed by atoms with Gasteiger partial charge in [-0.3, -0.25) is 9.13 Å². The summed E-state index contributed by atoms with van der Waals surface area (Å²) in [7, 11) is 1.99. The normalized spacial score (nSPS) is 24.0. The largest absolute Gasteiger partial charge is 0.522 e. The number of hydrogen-bond acceptors (Lipinski definition) is 4. The molecule has 0 spiro atoms. The Hall–Kier alpha value is 0.0569. The van der Waals surface area contributed by atoms with Crippen molar-refractivity contribution in [3.05, 3.63) is 0 Å². The minimum absolute atomic E-state index is 0.723. The molecule has 1 fully saturated rings. The van der Waals surface area contributed by atoms with Crippen molar-refractivity contribution in [3.8, 4) is 0 Å². The van der Waals surface area contributed by atoms with Gasteiger partial charge in [0.25, 0.3) is 0 Å². The van der Waals surface area contributed by atoms with Crippen LogP contribution in [0.3, 0.4) is 0 Å². The first-order chi connectivity index (χ1) is 6.67. The standard InChI is InChI=1S/C9H22N2O2Si/c1-5-12-14(13-6-2)10(3)8-7-9-11(14)4/h5-9H2,1-4H3. The SMILES string of the molecule is CCO[Si]1(OCC)N(C)CCCN1C. The van der Waals surface area contributed by atoms with Crippen LogP contribution in [0.15, 0.2) is 0 Å².